The molecule has 2 aromatic rings. The fraction of sp³-hybridized carbons (Fsp3) is 0.348. The van der Waals surface area contributed by atoms with Gasteiger partial charge in [-0.05, 0) is 30.5 Å². The minimum absolute atomic E-state index is 0.0396. The van der Waals surface area contributed by atoms with Crippen LogP contribution >= 0.6 is 0 Å². The van der Waals surface area contributed by atoms with Crippen LogP contribution in [0.2, 0.25) is 0 Å². The number of carbonyl (C=O) groups excluding carboxylic acids is 1. The molecular weight excluding hydrogens is 400 g/mol. The molecule has 30 heavy (non-hydrogen) atoms. The van der Waals surface area contributed by atoms with Crippen LogP contribution in [0.1, 0.15) is 24.0 Å². The first-order valence-corrected chi connectivity index (χ1v) is 11.5. The van der Waals surface area contributed by atoms with Crippen molar-refractivity contribution in [3.05, 3.63) is 71.1 Å². The summed E-state index contributed by atoms with van der Waals surface area (Å²) in [4.78, 5) is 14.6. The first kappa shape index (κ1) is 22.1. The summed E-state index contributed by atoms with van der Waals surface area (Å²) in [5, 5.41) is 1.25. The van der Waals surface area contributed by atoms with Crippen molar-refractivity contribution in [1.82, 2.24) is 9.21 Å². The maximum absolute atomic E-state index is 12.9. The number of carbonyl (C=O) groups is 1. The second-order valence-corrected chi connectivity index (χ2v) is 9.26. The first-order valence-electron chi connectivity index (χ1n) is 10.0. The van der Waals surface area contributed by atoms with Gasteiger partial charge in [0.15, 0.2) is 0 Å². The summed E-state index contributed by atoms with van der Waals surface area (Å²) < 4.78 is 32.0. The zero-order valence-electron chi connectivity index (χ0n) is 17.4. The summed E-state index contributed by atoms with van der Waals surface area (Å²) in [6.07, 6.45) is 2.65. The molecule has 6 nitrogen and oxygen atoms in total. The van der Waals surface area contributed by atoms with E-state index < -0.39 is 10.0 Å². The van der Waals surface area contributed by atoms with Crippen LogP contribution in [-0.4, -0.2) is 50.8 Å². The molecule has 1 saturated heterocycles. The van der Waals surface area contributed by atoms with Crippen LogP contribution in [0.15, 0.2) is 60.0 Å². The normalized spacial score (nSPS) is 15.9. The standard InChI is InChI=1S/C23H28N2O4S/c1-24(18-21-10-6-7-11-22(21)29-2)23(26)20-12-15-25(16-13-20)30(27,28)17-14-19-8-4-3-5-9-19/h3-11,14,17,20H,12-13,15-16,18H2,1-2H3/b17-14+. The van der Waals surface area contributed by atoms with Crippen molar-refractivity contribution in [2.24, 2.45) is 5.92 Å². The molecule has 1 fully saturated rings. The van der Waals surface area contributed by atoms with Gasteiger partial charge in [-0.1, -0.05) is 48.5 Å². The number of sulfonamides is 1. The van der Waals surface area contributed by atoms with E-state index in [1.54, 1.807) is 25.1 Å². The van der Waals surface area contributed by atoms with Crippen molar-refractivity contribution in [2.45, 2.75) is 19.4 Å². The van der Waals surface area contributed by atoms with E-state index >= 15 is 0 Å². The van der Waals surface area contributed by atoms with Crippen molar-refractivity contribution < 1.29 is 17.9 Å². The number of ether oxygens (including phenoxy) is 1. The Labute approximate surface area is 178 Å². The molecule has 3 rings (SSSR count). The van der Waals surface area contributed by atoms with Gasteiger partial charge in [-0.25, -0.2) is 8.42 Å². The van der Waals surface area contributed by atoms with Gasteiger partial charge in [0.05, 0.1) is 7.11 Å². The summed E-state index contributed by atoms with van der Waals surface area (Å²) >= 11 is 0. The van der Waals surface area contributed by atoms with E-state index in [1.807, 2.05) is 54.6 Å². The van der Waals surface area contributed by atoms with Crippen LogP contribution in [-0.2, 0) is 21.4 Å². The lowest BCUT2D eigenvalue weighted by Crippen LogP contribution is -2.42. The fourth-order valence-corrected chi connectivity index (χ4v) is 4.87. The average molecular weight is 429 g/mol. The highest BCUT2D eigenvalue weighted by Gasteiger charge is 2.31. The highest BCUT2D eigenvalue weighted by molar-refractivity contribution is 7.92. The Hall–Kier alpha value is -2.64. The lowest BCUT2D eigenvalue weighted by Gasteiger charge is -2.32. The van der Waals surface area contributed by atoms with Gasteiger partial charge in [-0.3, -0.25) is 4.79 Å². The number of amides is 1. The summed E-state index contributed by atoms with van der Waals surface area (Å²) in [5.74, 6) is 0.621. The van der Waals surface area contributed by atoms with Gasteiger partial charge >= 0.3 is 0 Å². The van der Waals surface area contributed by atoms with Crippen LogP contribution in [0.25, 0.3) is 6.08 Å². The maximum Gasteiger partial charge on any atom is 0.236 e. The van der Waals surface area contributed by atoms with Crippen LogP contribution < -0.4 is 4.74 Å². The SMILES string of the molecule is COc1ccccc1CN(C)C(=O)C1CCN(S(=O)(=O)/C=C/c2ccccc2)CC1. The predicted octanol–water partition coefficient (Wildman–Crippen LogP) is 3.37. The molecule has 160 valence electrons. The lowest BCUT2D eigenvalue weighted by molar-refractivity contribution is -0.135. The number of benzene rings is 2. The Morgan fingerprint density at radius 2 is 1.73 bits per heavy atom. The van der Waals surface area contributed by atoms with Gasteiger partial charge in [0.25, 0.3) is 0 Å². The van der Waals surface area contributed by atoms with Crippen LogP contribution in [0.3, 0.4) is 0 Å². The molecule has 7 heteroatoms. The molecule has 0 bridgehead atoms. The van der Waals surface area contributed by atoms with E-state index in [4.69, 9.17) is 4.74 Å². The van der Waals surface area contributed by atoms with Crippen molar-refractivity contribution in [1.29, 1.82) is 0 Å². The smallest absolute Gasteiger partial charge is 0.236 e. The molecule has 0 saturated carbocycles. The Morgan fingerprint density at radius 1 is 1.10 bits per heavy atom. The van der Waals surface area contributed by atoms with E-state index in [1.165, 1.54) is 9.71 Å². The summed E-state index contributed by atoms with van der Waals surface area (Å²) in [6.45, 7) is 1.15. The van der Waals surface area contributed by atoms with Crippen LogP contribution in [0.5, 0.6) is 5.75 Å². The Balaban J connectivity index is 1.56. The van der Waals surface area contributed by atoms with Crippen LogP contribution in [0.4, 0.5) is 0 Å². The third-order valence-electron chi connectivity index (χ3n) is 5.37. The van der Waals surface area contributed by atoms with E-state index in [9.17, 15) is 13.2 Å². The lowest BCUT2D eigenvalue weighted by atomic mass is 9.96. The van der Waals surface area contributed by atoms with Gasteiger partial charge in [-0.15, -0.1) is 0 Å². The summed E-state index contributed by atoms with van der Waals surface area (Å²) in [5.41, 5.74) is 1.78. The molecule has 1 aliphatic heterocycles. The molecule has 0 aromatic heterocycles. The molecule has 0 aliphatic carbocycles. The molecule has 1 heterocycles. The number of para-hydroxylation sites is 1. The van der Waals surface area contributed by atoms with Crippen LogP contribution in [0, 0.1) is 5.92 Å². The Kier molecular flexibility index (Phi) is 7.29. The highest BCUT2D eigenvalue weighted by Crippen LogP contribution is 2.24. The number of methoxy groups -OCH3 is 1. The maximum atomic E-state index is 12.9. The monoisotopic (exact) mass is 428 g/mol. The Bertz CT molecular complexity index is 981. The number of piperidine rings is 1. The van der Waals surface area contributed by atoms with Gasteiger partial charge in [0.2, 0.25) is 15.9 Å². The van der Waals surface area contributed by atoms with E-state index in [2.05, 4.69) is 0 Å². The average Bonchev–Trinajstić information content (AvgIpc) is 2.78. The quantitative estimate of drug-likeness (QED) is 0.678. The molecule has 0 unspecified atom stereocenters. The van der Waals surface area contributed by atoms with E-state index in [-0.39, 0.29) is 11.8 Å². The molecule has 2 aromatic carbocycles. The zero-order valence-corrected chi connectivity index (χ0v) is 18.2. The molecule has 0 N–H and O–H groups in total. The number of nitrogens with zero attached hydrogens (tertiary/aromatic N) is 2. The van der Waals surface area contributed by atoms with Crippen molar-refractivity contribution in [3.8, 4) is 5.75 Å². The van der Waals surface area contributed by atoms with Gasteiger partial charge in [-0.2, -0.15) is 4.31 Å². The predicted molar refractivity (Wildman–Crippen MR) is 118 cm³/mol. The first-order chi connectivity index (χ1) is 14.4. The third kappa shape index (κ3) is 5.49. The fourth-order valence-electron chi connectivity index (χ4n) is 3.65. The molecular formula is C23H28N2O4S. The second kappa shape index (κ2) is 9.91. The summed E-state index contributed by atoms with van der Waals surface area (Å²) in [6, 6.07) is 17.0. The van der Waals surface area contributed by atoms with Gasteiger partial charge in [0.1, 0.15) is 5.75 Å². The Morgan fingerprint density at radius 3 is 2.40 bits per heavy atom. The molecule has 0 radical (unpaired) electrons. The van der Waals surface area contributed by atoms with Crippen molar-refractivity contribution in [3.63, 3.8) is 0 Å². The van der Waals surface area contributed by atoms with E-state index in [0.717, 1.165) is 16.9 Å². The third-order valence-corrected chi connectivity index (χ3v) is 6.94. The van der Waals surface area contributed by atoms with Crippen molar-refractivity contribution >= 4 is 22.0 Å². The van der Waals surface area contributed by atoms with Crippen molar-refractivity contribution in [2.75, 3.05) is 27.2 Å². The highest BCUT2D eigenvalue weighted by atomic mass is 32.2. The zero-order chi connectivity index (χ0) is 21.6. The minimum Gasteiger partial charge on any atom is -0.496 e. The molecule has 1 amide bonds. The molecule has 0 spiro atoms. The number of hydrogen-bond acceptors (Lipinski definition) is 4. The molecule has 0 atom stereocenters. The number of hydrogen-bond donors (Lipinski definition) is 0. The topological polar surface area (TPSA) is 66.9 Å². The van der Waals surface area contributed by atoms with Gasteiger partial charge in [0, 0.05) is 43.6 Å². The number of rotatable bonds is 7. The minimum atomic E-state index is -3.50. The molecule has 1 aliphatic rings. The van der Waals surface area contributed by atoms with E-state index in [0.29, 0.717) is 32.5 Å². The van der Waals surface area contributed by atoms with Gasteiger partial charge < -0.3 is 9.64 Å². The summed E-state index contributed by atoms with van der Waals surface area (Å²) in [7, 11) is -0.105. The second-order valence-electron chi connectivity index (χ2n) is 7.44. The largest absolute Gasteiger partial charge is 0.496 e.